The summed E-state index contributed by atoms with van der Waals surface area (Å²) in [5, 5.41) is 0. The summed E-state index contributed by atoms with van der Waals surface area (Å²) >= 11 is 0. The molecule has 0 aromatic rings. The zero-order valence-corrected chi connectivity index (χ0v) is 17.2. The average Bonchev–Trinajstić information content (AvgIpc) is 2.99. The van der Waals surface area contributed by atoms with Crippen LogP contribution in [0.25, 0.3) is 0 Å². The number of aldehydes is 1. The van der Waals surface area contributed by atoms with Crippen molar-refractivity contribution in [1.29, 1.82) is 0 Å². The van der Waals surface area contributed by atoms with Crippen LogP contribution < -0.4 is 0 Å². The molecule has 0 N–H and O–H groups in total. The second-order valence-electron chi connectivity index (χ2n) is 9.65. The number of hydrogen-bond donors (Lipinski definition) is 0. The van der Waals surface area contributed by atoms with Gasteiger partial charge in [0.05, 0.1) is 6.10 Å². The van der Waals surface area contributed by atoms with Crippen molar-refractivity contribution in [3.63, 3.8) is 0 Å². The number of carbonyl (C=O) groups excluding carboxylic acids is 1. The van der Waals surface area contributed by atoms with Gasteiger partial charge in [-0.3, -0.25) is 0 Å². The lowest BCUT2D eigenvalue weighted by molar-refractivity contribution is -0.135. The molecule has 0 saturated heterocycles. The summed E-state index contributed by atoms with van der Waals surface area (Å²) in [7, 11) is 1.89. The molecule has 0 spiro atoms. The van der Waals surface area contributed by atoms with E-state index >= 15 is 0 Å². The highest BCUT2D eigenvalue weighted by Crippen LogP contribution is 2.67. The number of ether oxygens (including phenoxy) is 1. The van der Waals surface area contributed by atoms with Crippen LogP contribution in [0, 0.1) is 40.4 Å². The van der Waals surface area contributed by atoms with Crippen molar-refractivity contribution in [3.05, 3.63) is 0 Å². The van der Waals surface area contributed by atoms with Gasteiger partial charge in [0.2, 0.25) is 0 Å². The number of rotatable bonds is 2. The van der Waals surface area contributed by atoms with Crippen LogP contribution in [0.5, 0.6) is 0 Å². The maximum atomic E-state index is 11.6. The normalized spacial score (nSPS) is 51.4. The summed E-state index contributed by atoms with van der Waals surface area (Å²) in [4.78, 5) is 11.6. The van der Waals surface area contributed by atoms with Crippen LogP contribution >= 0.6 is 0 Å². The number of hydrogen-bond acceptors (Lipinski definition) is 2. The number of carbonyl (C=O) groups is 1. The Morgan fingerprint density at radius 3 is 2.24 bits per heavy atom. The Bertz CT molecular complexity index is 475. The molecule has 2 nitrogen and oxygen atoms in total. The molecule has 0 heterocycles. The fourth-order valence-electron chi connectivity index (χ4n) is 7.70. The van der Waals surface area contributed by atoms with E-state index in [1.54, 1.807) is 0 Å². The minimum atomic E-state index is 0.315. The summed E-state index contributed by atoms with van der Waals surface area (Å²) in [6, 6.07) is 0. The zero-order valence-electron chi connectivity index (χ0n) is 17.2. The second kappa shape index (κ2) is 7.33. The van der Waals surface area contributed by atoms with Crippen molar-refractivity contribution in [2.75, 3.05) is 7.11 Å². The van der Waals surface area contributed by atoms with E-state index in [0.29, 0.717) is 22.9 Å². The van der Waals surface area contributed by atoms with Gasteiger partial charge in [0.15, 0.2) is 0 Å². The van der Waals surface area contributed by atoms with Gasteiger partial charge in [-0.1, -0.05) is 27.7 Å². The topological polar surface area (TPSA) is 26.3 Å². The molecule has 4 rings (SSSR count). The lowest BCUT2D eigenvalue weighted by Gasteiger charge is -2.61. The maximum Gasteiger partial charge on any atom is 0.123 e. The van der Waals surface area contributed by atoms with E-state index in [0.717, 1.165) is 30.1 Å². The van der Waals surface area contributed by atoms with Crippen LogP contribution in [-0.2, 0) is 9.53 Å². The Labute approximate surface area is 155 Å². The van der Waals surface area contributed by atoms with Gasteiger partial charge >= 0.3 is 0 Å². The molecule has 0 aromatic heterocycles. The van der Waals surface area contributed by atoms with Crippen LogP contribution in [0.4, 0.5) is 0 Å². The van der Waals surface area contributed by atoms with Crippen molar-refractivity contribution in [3.8, 4) is 0 Å². The van der Waals surface area contributed by atoms with Crippen LogP contribution in [0.15, 0.2) is 0 Å². The third-order valence-electron chi connectivity index (χ3n) is 9.19. The highest BCUT2D eigenvalue weighted by molar-refractivity contribution is 5.56. The molecule has 8 atom stereocenters. The first-order chi connectivity index (χ1) is 12.0. The molecule has 25 heavy (non-hydrogen) atoms. The van der Waals surface area contributed by atoms with Crippen molar-refractivity contribution >= 4 is 6.29 Å². The zero-order chi connectivity index (χ0) is 18.2. The van der Waals surface area contributed by atoms with Gasteiger partial charge in [-0.2, -0.15) is 0 Å². The van der Waals surface area contributed by atoms with E-state index in [-0.39, 0.29) is 0 Å². The Morgan fingerprint density at radius 2 is 1.56 bits per heavy atom. The molecule has 0 bridgehead atoms. The van der Waals surface area contributed by atoms with E-state index in [4.69, 9.17) is 4.74 Å². The molecule has 0 amide bonds. The van der Waals surface area contributed by atoms with Gasteiger partial charge in [0, 0.05) is 13.0 Å². The van der Waals surface area contributed by atoms with E-state index in [2.05, 4.69) is 13.8 Å². The van der Waals surface area contributed by atoms with Crippen LogP contribution in [0.2, 0.25) is 0 Å². The molecule has 0 aromatic carbocycles. The van der Waals surface area contributed by atoms with Gasteiger partial charge in [0.25, 0.3) is 0 Å². The summed E-state index contributed by atoms with van der Waals surface area (Å²) in [5.41, 5.74) is 0.856. The molecule has 4 saturated carbocycles. The first-order valence-corrected chi connectivity index (χ1v) is 11.0. The molecule has 8 unspecified atom stereocenters. The standard InChI is InChI=1S/C21H34O2.C2H6/c1-20-10-8-16(23-3)12-14(20)4-6-17-18-7-5-15(13-22)21(18,2)11-9-19(17)20;1-2/h13-19H,4-12H2,1-3H3;1-2H3. The number of fused-ring (bicyclic) bond motifs is 5. The quantitative estimate of drug-likeness (QED) is 0.582. The second-order valence-corrected chi connectivity index (χ2v) is 9.65. The monoisotopic (exact) mass is 348 g/mol. The summed E-state index contributed by atoms with van der Waals surface area (Å²) in [6.07, 6.45) is 13.6. The van der Waals surface area contributed by atoms with Gasteiger partial charge in [-0.05, 0) is 92.3 Å². The summed E-state index contributed by atoms with van der Waals surface area (Å²) in [5.74, 6) is 3.81. The third kappa shape index (κ3) is 2.91. The molecular formula is C23H40O2. The van der Waals surface area contributed by atoms with Crippen LogP contribution in [-0.4, -0.2) is 19.5 Å². The Balaban J connectivity index is 0.000000880. The Morgan fingerprint density at radius 1 is 0.880 bits per heavy atom. The Hall–Kier alpha value is -0.370. The largest absolute Gasteiger partial charge is 0.381 e. The molecule has 144 valence electrons. The first-order valence-electron chi connectivity index (χ1n) is 11.0. The molecule has 2 heteroatoms. The van der Waals surface area contributed by atoms with Gasteiger partial charge in [-0.25, -0.2) is 0 Å². The lowest BCUT2D eigenvalue weighted by Crippen LogP contribution is -2.54. The van der Waals surface area contributed by atoms with Crippen LogP contribution in [0.1, 0.15) is 85.5 Å². The highest BCUT2D eigenvalue weighted by atomic mass is 16.5. The predicted molar refractivity (Wildman–Crippen MR) is 103 cm³/mol. The first kappa shape index (κ1) is 19.4. The highest BCUT2D eigenvalue weighted by Gasteiger charge is 2.60. The van der Waals surface area contributed by atoms with Crippen molar-refractivity contribution in [1.82, 2.24) is 0 Å². The predicted octanol–water partition coefficient (Wildman–Crippen LogP) is 5.89. The number of methoxy groups -OCH3 is 1. The Kier molecular flexibility index (Phi) is 5.69. The van der Waals surface area contributed by atoms with Gasteiger partial charge in [0.1, 0.15) is 6.29 Å². The molecule has 0 radical (unpaired) electrons. The minimum absolute atomic E-state index is 0.315. The molecule has 4 aliphatic carbocycles. The van der Waals surface area contributed by atoms with E-state index in [1.165, 1.54) is 57.7 Å². The van der Waals surface area contributed by atoms with Crippen molar-refractivity contribution < 1.29 is 9.53 Å². The van der Waals surface area contributed by atoms with E-state index in [9.17, 15) is 4.79 Å². The van der Waals surface area contributed by atoms with E-state index in [1.807, 2.05) is 21.0 Å². The minimum Gasteiger partial charge on any atom is -0.381 e. The van der Waals surface area contributed by atoms with Gasteiger partial charge < -0.3 is 9.53 Å². The van der Waals surface area contributed by atoms with E-state index < -0.39 is 0 Å². The van der Waals surface area contributed by atoms with Crippen molar-refractivity contribution in [2.24, 2.45) is 40.4 Å². The third-order valence-corrected chi connectivity index (χ3v) is 9.19. The molecule has 0 aliphatic heterocycles. The molecule has 4 fully saturated rings. The van der Waals surface area contributed by atoms with Gasteiger partial charge in [-0.15, -0.1) is 0 Å². The smallest absolute Gasteiger partial charge is 0.123 e. The fraction of sp³-hybridized carbons (Fsp3) is 0.957. The van der Waals surface area contributed by atoms with Crippen LogP contribution in [0.3, 0.4) is 0 Å². The summed E-state index contributed by atoms with van der Waals surface area (Å²) in [6.45, 7) is 9.05. The summed E-state index contributed by atoms with van der Waals surface area (Å²) < 4.78 is 5.70. The SMILES string of the molecule is CC.COC1CCC2(C)C(CCC3C4CCC(C=O)C4(C)CCC32)C1. The van der Waals surface area contributed by atoms with Crippen molar-refractivity contribution in [2.45, 2.75) is 91.6 Å². The maximum absolute atomic E-state index is 11.6. The average molecular weight is 349 g/mol. The fourth-order valence-corrected chi connectivity index (χ4v) is 7.70. The lowest BCUT2D eigenvalue weighted by atomic mass is 9.45. The molecule has 4 aliphatic rings. The molecular weight excluding hydrogens is 308 g/mol.